The standard InChI is InChI=1S/C20H25N3O4S/c1-23-11-5-8-17(14-23)27-18-10-9-16(13-19(18)28(21,25)26)22-20(24)12-15-6-3-2-4-7-15/h2-4,6-7,9-10,13,17H,5,8,11-12,14H2,1H3,(H,22,24)(H2,21,25,26). The van der Waals surface area contributed by atoms with E-state index < -0.39 is 10.0 Å². The maximum Gasteiger partial charge on any atom is 0.241 e. The van der Waals surface area contributed by atoms with E-state index in [0.717, 1.165) is 31.5 Å². The molecule has 1 aliphatic rings. The molecule has 1 unspecified atom stereocenters. The van der Waals surface area contributed by atoms with Gasteiger partial charge in [0.2, 0.25) is 15.9 Å². The van der Waals surface area contributed by atoms with Crippen LogP contribution in [0.15, 0.2) is 53.4 Å². The second kappa shape index (κ2) is 8.72. The molecule has 150 valence electrons. The van der Waals surface area contributed by atoms with Crippen molar-refractivity contribution in [2.24, 2.45) is 5.14 Å². The smallest absolute Gasteiger partial charge is 0.241 e. The molecule has 1 fully saturated rings. The number of ether oxygens (including phenoxy) is 1. The SMILES string of the molecule is CN1CCCC(Oc2ccc(NC(=O)Cc3ccccc3)cc2S(N)(=O)=O)C1. The zero-order chi connectivity index (χ0) is 20.1. The Labute approximate surface area is 165 Å². The van der Waals surface area contributed by atoms with Crippen molar-refractivity contribution in [1.29, 1.82) is 0 Å². The summed E-state index contributed by atoms with van der Waals surface area (Å²) in [6, 6.07) is 13.8. The molecule has 28 heavy (non-hydrogen) atoms. The van der Waals surface area contributed by atoms with Gasteiger partial charge in [0.15, 0.2) is 0 Å². The fraction of sp³-hybridized carbons (Fsp3) is 0.350. The topological polar surface area (TPSA) is 102 Å². The molecule has 1 aliphatic heterocycles. The summed E-state index contributed by atoms with van der Waals surface area (Å²) < 4.78 is 30.1. The monoisotopic (exact) mass is 403 g/mol. The van der Waals surface area contributed by atoms with E-state index in [-0.39, 0.29) is 29.1 Å². The Kier molecular flexibility index (Phi) is 6.33. The summed E-state index contributed by atoms with van der Waals surface area (Å²) in [4.78, 5) is 14.3. The van der Waals surface area contributed by atoms with Gasteiger partial charge in [0, 0.05) is 12.2 Å². The van der Waals surface area contributed by atoms with Gasteiger partial charge in [0.25, 0.3) is 0 Å². The molecule has 1 heterocycles. The van der Waals surface area contributed by atoms with Gasteiger partial charge < -0.3 is 15.0 Å². The molecular formula is C20H25N3O4S. The molecule has 3 N–H and O–H groups in total. The lowest BCUT2D eigenvalue weighted by Crippen LogP contribution is -2.38. The van der Waals surface area contributed by atoms with Crippen LogP contribution in [-0.4, -0.2) is 45.5 Å². The van der Waals surface area contributed by atoms with Gasteiger partial charge in [0.05, 0.1) is 6.42 Å². The molecular weight excluding hydrogens is 378 g/mol. The predicted octanol–water partition coefficient (Wildman–Crippen LogP) is 1.99. The van der Waals surface area contributed by atoms with Gasteiger partial charge >= 0.3 is 0 Å². The van der Waals surface area contributed by atoms with E-state index >= 15 is 0 Å². The van der Waals surface area contributed by atoms with Crippen LogP contribution in [0.1, 0.15) is 18.4 Å². The molecule has 0 aromatic heterocycles. The lowest BCUT2D eigenvalue weighted by molar-refractivity contribution is -0.115. The third-order valence-electron chi connectivity index (χ3n) is 4.62. The minimum atomic E-state index is -4.00. The van der Waals surface area contributed by atoms with Crippen molar-refractivity contribution in [1.82, 2.24) is 4.90 Å². The summed E-state index contributed by atoms with van der Waals surface area (Å²) in [5.74, 6) is -0.0296. The molecule has 0 aliphatic carbocycles. The van der Waals surface area contributed by atoms with Crippen molar-refractivity contribution in [2.75, 3.05) is 25.5 Å². The normalized spacial score (nSPS) is 17.9. The van der Waals surface area contributed by atoms with E-state index in [4.69, 9.17) is 9.88 Å². The van der Waals surface area contributed by atoms with E-state index in [9.17, 15) is 13.2 Å². The number of nitrogens with two attached hydrogens (primary N) is 1. The van der Waals surface area contributed by atoms with Crippen LogP contribution in [0.5, 0.6) is 5.75 Å². The molecule has 1 atom stereocenters. The fourth-order valence-corrected chi connectivity index (χ4v) is 3.97. The van der Waals surface area contributed by atoms with Crippen molar-refractivity contribution in [2.45, 2.75) is 30.3 Å². The number of likely N-dealkylation sites (tertiary alicyclic amines) is 1. The highest BCUT2D eigenvalue weighted by Gasteiger charge is 2.23. The highest BCUT2D eigenvalue weighted by molar-refractivity contribution is 7.89. The number of nitrogens with one attached hydrogen (secondary N) is 1. The van der Waals surface area contributed by atoms with Crippen LogP contribution in [0.25, 0.3) is 0 Å². The zero-order valence-corrected chi connectivity index (χ0v) is 16.6. The van der Waals surface area contributed by atoms with Gasteiger partial charge in [-0.25, -0.2) is 13.6 Å². The summed E-state index contributed by atoms with van der Waals surface area (Å²) in [6.45, 7) is 1.72. The van der Waals surface area contributed by atoms with Gasteiger partial charge in [-0.2, -0.15) is 0 Å². The second-order valence-electron chi connectivity index (χ2n) is 7.06. The number of amides is 1. The van der Waals surface area contributed by atoms with E-state index in [0.29, 0.717) is 5.69 Å². The van der Waals surface area contributed by atoms with Crippen molar-refractivity contribution in [3.05, 3.63) is 54.1 Å². The molecule has 1 amide bonds. The number of rotatable bonds is 6. The number of carbonyl (C=O) groups is 1. The quantitative estimate of drug-likeness (QED) is 0.768. The van der Waals surface area contributed by atoms with Crippen molar-refractivity contribution < 1.29 is 17.9 Å². The fourth-order valence-electron chi connectivity index (χ4n) is 3.29. The Morgan fingerprint density at radius 2 is 2.00 bits per heavy atom. The molecule has 0 spiro atoms. The first-order valence-electron chi connectivity index (χ1n) is 9.17. The van der Waals surface area contributed by atoms with Crippen molar-refractivity contribution in [3.8, 4) is 5.75 Å². The lowest BCUT2D eigenvalue weighted by atomic mass is 10.1. The van der Waals surface area contributed by atoms with Crippen molar-refractivity contribution >= 4 is 21.6 Å². The first-order chi connectivity index (χ1) is 13.3. The number of nitrogens with zero attached hydrogens (tertiary/aromatic N) is 1. The van der Waals surface area contributed by atoms with E-state index in [1.54, 1.807) is 12.1 Å². The molecule has 0 saturated carbocycles. The Hall–Kier alpha value is -2.42. The van der Waals surface area contributed by atoms with E-state index in [2.05, 4.69) is 10.2 Å². The van der Waals surface area contributed by atoms with Gasteiger partial charge in [-0.05, 0) is 50.2 Å². The third-order valence-corrected chi connectivity index (χ3v) is 5.55. The molecule has 0 radical (unpaired) electrons. The Morgan fingerprint density at radius 3 is 2.68 bits per heavy atom. The Balaban J connectivity index is 1.75. The number of sulfonamides is 1. The number of piperidine rings is 1. The summed E-state index contributed by atoms with van der Waals surface area (Å²) in [7, 11) is -2.00. The van der Waals surface area contributed by atoms with Crippen LogP contribution in [0.3, 0.4) is 0 Å². The Bertz CT molecular complexity index is 932. The minimum Gasteiger partial charge on any atom is -0.488 e. The molecule has 3 rings (SSSR count). The van der Waals surface area contributed by atoms with Crippen LogP contribution < -0.4 is 15.2 Å². The second-order valence-corrected chi connectivity index (χ2v) is 8.59. The average molecular weight is 404 g/mol. The summed E-state index contributed by atoms with van der Waals surface area (Å²) in [5, 5.41) is 8.10. The maximum absolute atomic E-state index is 12.3. The van der Waals surface area contributed by atoms with Gasteiger partial charge in [-0.3, -0.25) is 4.79 Å². The first kappa shape index (κ1) is 20.3. The molecule has 1 saturated heterocycles. The van der Waals surface area contributed by atoms with Gasteiger partial charge in [-0.1, -0.05) is 30.3 Å². The minimum absolute atomic E-state index is 0.0993. The van der Waals surface area contributed by atoms with Crippen LogP contribution in [-0.2, 0) is 21.2 Å². The number of hydrogen-bond donors (Lipinski definition) is 2. The Morgan fingerprint density at radius 1 is 1.25 bits per heavy atom. The summed E-state index contributed by atoms with van der Waals surface area (Å²) in [5.41, 5.74) is 1.23. The van der Waals surface area contributed by atoms with Crippen LogP contribution in [0, 0.1) is 0 Å². The average Bonchev–Trinajstić information content (AvgIpc) is 2.63. The van der Waals surface area contributed by atoms with Crippen LogP contribution >= 0.6 is 0 Å². The number of primary sulfonamides is 1. The highest BCUT2D eigenvalue weighted by atomic mass is 32.2. The van der Waals surface area contributed by atoms with E-state index in [1.807, 2.05) is 37.4 Å². The van der Waals surface area contributed by atoms with Crippen molar-refractivity contribution in [3.63, 3.8) is 0 Å². The lowest BCUT2D eigenvalue weighted by Gasteiger charge is -2.30. The maximum atomic E-state index is 12.3. The first-order valence-corrected chi connectivity index (χ1v) is 10.7. The van der Waals surface area contributed by atoms with Gasteiger partial charge in [-0.15, -0.1) is 0 Å². The van der Waals surface area contributed by atoms with Gasteiger partial charge in [0.1, 0.15) is 16.7 Å². The number of hydrogen-bond acceptors (Lipinski definition) is 5. The van der Waals surface area contributed by atoms with Crippen LogP contribution in [0.4, 0.5) is 5.69 Å². The largest absolute Gasteiger partial charge is 0.488 e. The third kappa shape index (κ3) is 5.54. The molecule has 2 aromatic rings. The number of anilines is 1. The predicted molar refractivity (Wildman–Crippen MR) is 108 cm³/mol. The zero-order valence-electron chi connectivity index (χ0n) is 15.8. The summed E-state index contributed by atoms with van der Waals surface area (Å²) in [6.07, 6.45) is 1.93. The molecule has 2 aromatic carbocycles. The van der Waals surface area contributed by atoms with Crippen LogP contribution in [0.2, 0.25) is 0 Å². The number of carbonyl (C=O) groups excluding carboxylic acids is 1. The van der Waals surface area contributed by atoms with E-state index in [1.165, 1.54) is 6.07 Å². The highest BCUT2D eigenvalue weighted by Crippen LogP contribution is 2.29. The molecule has 0 bridgehead atoms. The molecule has 7 nitrogen and oxygen atoms in total. The summed E-state index contributed by atoms with van der Waals surface area (Å²) >= 11 is 0. The molecule has 8 heteroatoms. The number of likely N-dealkylation sites (N-methyl/N-ethyl adjacent to an activating group) is 1. The number of benzene rings is 2.